The molecule has 2 nitrogen and oxygen atoms in total. The van der Waals surface area contributed by atoms with Gasteiger partial charge in [0.2, 0.25) is 0 Å². The topological polar surface area (TPSA) is 26.3 Å². The Morgan fingerprint density at radius 2 is 1.94 bits per heavy atom. The molecule has 0 unspecified atom stereocenters. The van der Waals surface area contributed by atoms with Gasteiger partial charge in [0.1, 0.15) is 16.7 Å². The van der Waals surface area contributed by atoms with E-state index in [0.717, 1.165) is 25.0 Å². The fraction of sp³-hybridized carbons (Fsp3) is 0.462. The SMILES string of the molecule is CCCCOC(=O)CCc1cc(F)c(Cl)c(F)c1. The van der Waals surface area contributed by atoms with E-state index in [4.69, 9.17) is 16.3 Å². The molecule has 0 aliphatic carbocycles. The molecule has 0 spiro atoms. The zero-order valence-corrected chi connectivity index (χ0v) is 10.9. The summed E-state index contributed by atoms with van der Waals surface area (Å²) in [7, 11) is 0. The Labute approximate surface area is 110 Å². The van der Waals surface area contributed by atoms with E-state index < -0.39 is 16.7 Å². The Bertz CT molecular complexity index is 398. The molecule has 0 aliphatic heterocycles. The number of hydrogen-bond acceptors (Lipinski definition) is 2. The van der Waals surface area contributed by atoms with Crippen LogP contribution in [0.2, 0.25) is 5.02 Å². The van der Waals surface area contributed by atoms with Gasteiger partial charge in [-0.05, 0) is 30.5 Å². The van der Waals surface area contributed by atoms with Crippen molar-refractivity contribution in [3.05, 3.63) is 34.4 Å². The van der Waals surface area contributed by atoms with E-state index in [-0.39, 0.29) is 18.8 Å². The molecule has 0 saturated carbocycles. The number of benzene rings is 1. The Morgan fingerprint density at radius 1 is 1.33 bits per heavy atom. The molecule has 0 amide bonds. The summed E-state index contributed by atoms with van der Waals surface area (Å²) in [5.41, 5.74) is 0.391. The quantitative estimate of drug-likeness (QED) is 0.447. The highest BCUT2D eigenvalue weighted by Crippen LogP contribution is 2.21. The number of esters is 1. The van der Waals surface area contributed by atoms with E-state index in [0.29, 0.717) is 12.2 Å². The fourth-order valence-corrected chi connectivity index (χ4v) is 1.51. The molecule has 1 aromatic rings. The molecule has 0 aromatic heterocycles. The molecule has 1 aromatic carbocycles. The third-order valence-electron chi connectivity index (χ3n) is 2.42. The second-order valence-electron chi connectivity index (χ2n) is 3.95. The first-order valence-corrected chi connectivity index (χ1v) is 6.21. The molecule has 1 rings (SSSR count). The van der Waals surface area contributed by atoms with Gasteiger partial charge in [0, 0.05) is 6.42 Å². The number of carbonyl (C=O) groups is 1. The van der Waals surface area contributed by atoms with Gasteiger partial charge in [0.25, 0.3) is 0 Å². The summed E-state index contributed by atoms with van der Waals surface area (Å²) in [5, 5.41) is -0.524. The molecular formula is C13H15ClF2O2. The van der Waals surface area contributed by atoms with Crippen molar-refractivity contribution in [3.8, 4) is 0 Å². The maximum absolute atomic E-state index is 13.1. The largest absolute Gasteiger partial charge is 0.466 e. The van der Waals surface area contributed by atoms with E-state index in [9.17, 15) is 13.6 Å². The lowest BCUT2D eigenvalue weighted by Crippen LogP contribution is -2.07. The number of aryl methyl sites for hydroxylation is 1. The van der Waals surface area contributed by atoms with Crippen LogP contribution in [0.1, 0.15) is 31.7 Å². The van der Waals surface area contributed by atoms with Crippen LogP contribution >= 0.6 is 11.6 Å². The summed E-state index contributed by atoms with van der Waals surface area (Å²) >= 11 is 5.36. The lowest BCUT2D eigenvalue weighted by atomic mass is 10.1. The van der Waals surface area contributed by atoms with Crippen LogP contribution in [0.3, 0.4) is 0 Å². The summed E-state index contributed by atoms with van der Waals surface area (Å²) in [6, 6.07) is 2.26. The maximum Gasteiger partial charge on any atom is 0.306 e. The van der Waals surface area contributed by atoms with Crippen molar-refractivity contribution in [1.82, 2.24) is 0 Å². The normalized spacial score (nSPS) is 10.4. The molecule has 0 saturated heterocycles. The summed E-state index contributed by atoms with van der Waals surface area (Å²) in [6.45, 7) is 2.38. The maximum atomic E-state index is 13.1. The molecule has 0 heterocycles. The van der Waals surface area contributed by atoms with E-state index in [1.54, 1.807) is 0 Å². The summed E-state index contributed by atoms with van der Waals surface area (Å²) in [6.07, 6.45) is 2.09. The predicted molar refractivity (Wildman–Crippen MR) is 65.6 cm³/mol. The van der Waals surface area contributed by atoms with Gasteiger partial charge in [-0.3, -0.25) is 4.79 Å². The lowest BCUT2D eigenvalue weighted by Gasteiger charge is -2.05. The van der Waals surface area contributed by atoms with E-state index in [1.807, 2.05) is 6.92 Å². The van der Waals surface area contributed by atoms with Crippen LogP contribution < -0.4 is 0 Å². The molecule has 0 bridgehead atoms. The second-order valence-corrected chi connectivity index (χ2v) is 4.33. The number of hydrogen-bond donors (Lipinski definition) is 0. The predicted octanol–water partition coefficient (Wildman–Crippen LogP) is 3.89. The average molecular weight is 277 g/mol. The van der Waals surface area contributed by atoms with Crippen LogP contribution in [-0.4, -0.2) is 12.6 Å². The third-order valence-corrected chi connectivity index (χ3v) is 2.78. The minimum Gasteiger partial charge on any atom is -0.466 e. The van der Waals surface area contributed by atoms with Gasteiger partial charge in [-0.1, -0.05) is 24.9 Å². The number of rotatable bonds is 6. The van der Waals surface area contributed by atoms with Crippen LogP contribution in [0.25, 0.3) is 0 Å². The van der Waals surface area contributed by atoms with Crippen molar-refractivity contribution in [2.45, 2.75) is 32.6 Å². The van der Waals surface area contributed by atoms with Crippen molar-refractivity contribution in [3.63, 3.8) is 0 Å². The molecule has 0 N–H and O–H groups in total. The summed E-state index contributed by atoms with van der Waals surface area (Å²) in [5.74, 6) is -1.99. The van der Waals surface area contributed by atoms with Crippen LogP contribution in [0.4, 0.5) is 8.78 Å². The van der Waals surface area contributed by atoms with Crippen LogP contribution in [0, 0.1) is 11.6 Å². The van der Waals surface area contributed by atoms with Crippen LogP contribution in [0.15, 0.2) is 12.1 Å². The highest BCUT2D eigenvalue weighted by Gasteiger charge is 2.10. The number of unbranched alkanes of at least 4 members (excludes halogenated alkanes) is 1. The Kier molecular flexibility index (Phi) is 6.05. The standard InChI is InChI=1S/C13H15ClF2O2/c1-2-3-6-18-12(17)5-4-9-7-10(15)13(14)11(16)8-9/h7-8H,2-6H2,1H3. The molecule has 18 heavy (non-hydrogen) atoms. The fourth-order valence-electron chi connectivity index (χ4n) is 1.40. The van der Waals surface area contributed by atoms with Crippen LogP contribution in [-0.2, 0) is 16.0 Å². The van der Waals surface area contributed by atoms with E-state index >= 15 is 0 Å². The van der Waals surface area contributed by atoms with Crippen molar-refractivity contribution >= 4 is 17.6 Å². The minimum atomic E-state index is -0.814. The zero-order valence-electron chi connectivity index (χ0n) is 10.1. The van der Waals surface area contributed by atoms with Crippen LogP contribution in [0.5, 0.6) is 0 Å². The number of halogens is 3. The van der Waals surface area contributed by atoms with Gasteiger partial charge in [-0.25, -0.2) is 8.78 Å². The van der Waals surface area contributed by atoms with Gasteiger partial charge in [0.05, 0.1) is 6.61 Å². The Morgan fingerprint density at radius 3 is 2.50 bits per heavy atom. The molecule has 0 radical (unpaired) electrons. The molecular weight excluding hydrogens is 262 g/mol. The first kappa shape index (κ1) is 14.9. The van der Waals surface area contributed by atoms with Crippen molar-refractivity contribution in [2.75, 3.05) is 6.61 Å². The van der Waals surface area contributed by atoms with Gasteiger partial charge in [-0.15, -0.1) is 0 Å². The number of carbonyl (C=O) groups excluding carboxylic acids is 1. The average Bonchev–Trinajstić information content (AvgIpc) is 2.33. The summed E-state index contributed by atoms with van der Waals surface area (Å²) in [4.78, 5) is 11.3. The van der Waals surface area contributed by atoms with E-state index in [2.05, 4.69) is 0 Å². The monoisotopic (exact) mass is 276 g/mol. The molecule has 0 atom stereocenters. The first-order valence-electron chi connectivity index (χ1n) is 5.83. The van der Waals surface area contributed by atoms with Gasteiger partial charge < -0.3 is 4.74 Å². The van der Waals surface area contributed by atoms with Crippen molar-refractivity contribution < 1.29 is 18.3 Å². The highest BCUT2D eigenvalue weighted by atomic mass is 35.5. The van der Waals surface area contributed by atoms with Gasteiger partial charge in [-0.2, -0.15) is 0 Å². The van der Waals surface area contributed by atoms with E-state index in [1.165, 1.54) is 0 Å². The van der Waals surface area contributed by atoms with Gasteiger partial charge in [0.15, 0.2) is 0 Å². The zero-order chi connectivity index (χ0) is 13.5. The van der Waals surface area contributed by atoms with Crippen molar-refractivity contribution in [1.29, 1.82) is 0 Å². The summed E-state index contributed by atoms with van der Waals surface area (Å²) < 4.78 is 31.2. The third kappa shape index (κ3) is 4.61. The smallest absolute Gasteiger partial charge is 0.306 e. The lowest BCUT2D eigenvalue weighted by molar-refractivity contribution is -0.143. The Balaban J connectivity index is 2.46. The molecule has 5 heteroatoms. The Hall–Kier alpha value is -1.16. The highest BCUT2D eigenvalue weighted by molar-refractivity contribution is 6.30. The molecule has 0 fully saturated rings. The minimum absolute atomic E-state index is 0.101. The molecule has 100 valence electrons. The molecule has 0 aliphatic rings. The number of ether oxygens (including phenoxy) is 1. The first-order chi connectivity index (χ1) is 8.54. The van der Waals surface area contributed by atoms with Gasteiger partial charge >= 0.3 is 5.97 Å². The van der Waals surface area contributed by atoms with Crippen molar-refractivity contribution in [2.24, 2.45) is 0 Å². The second kappa shape index (κ2) is 7.31.